The maximum Gasteiger partial charge on any atom is 0.113 e. The molecule has 0 aliphatic rings. The molecule has 0 bridgehead atoms. The summed E-state index contributed by atoms with van der Waals surface area (Å²) in [6.07, 6.45) is 6.24. The van der Waals surface area contributed by atoms with Crippen LogP contribution in [0.1, 0.15) is 24.7 Å². The van der Waals surface area contributed by atoms with Crippen LogP contribution in [0.5, 0.6) is 0 Å². The highest BCUT2D eigenvalue weighted by molar-refractivity contribution is 5.53. The van der Waals surface area contributed by atoms with Crippen molar-refractivity contribution in [2.75, 3.05) is 0 Å². The molecule has 0 amide bonds. The first-order chi connectivity index (χ1) is 6.33. The quantitative estimate of drug-likeness (QED) is 0.684. The summed E-state index contributed by atoms with van der Waals surface area (Å²) in [6, 6.07) is 4.19. The van der Waals surface area contributed by atoms with Gasteiger partial charge in [0.25, 0.3) is 0 Å². The number of aryl methyl sites for hydroxylation is 2. The lowest BCUT2D eigenvalue weighted by molar-refractivity contribution is 0.830. The lowest BCUT2D eigenvalue weighted by atomic mass is 10.2. The van der Waals surface area contributed by atoms with Gasteiger partial charge in [-0.2, -0.15) is 0 Å². The van der Waals surface area contributed by atoms with Crippen molar-refractivity contribution in [3.63, 3.8) is 0 Å². The van der Waals surface area contributed by atoms with Gasteiger partial charge in [-0.3, -0.25) is 0 Å². The van der Waals surface area contributed by atoms with Crippen molar-refractivity contribution in [1.82, 2.24) is 9.38 Å². The van der Waals surface area contributed by atoms with Crippen LogP contribution in [0.4, 0.5) is 0 Å². The molecule has 68 valence electrons. The minimum atomic E-state index is 1.05. The Labute approximate surface area is 78.2 Å². The average molecular weight is 174 g/mol. The fraction of sp³-hybridized carbons (Fsp3) is 0.364. The summed E-state index contributed by atoms with van der Waals surface area (Å²) < 4.78 is 2.18. The molecule has 2 aromatic rings. The fourth-order valence-corrected chi connectivity index (χ4v) is 1.62. The molecule has 0 aromatic carbocycles. The molecule has 2 heterocycles. The van der Waals surface area contributed by atoms with Gasteiger partial charge in [-0.25, -0.2) is 4.98 Å². The third-order valence-corrected chi connectivity index (χ3v) is 2.33. The first kappa shape index (κ1) is 8.30. The number of fused-ring (bicyclic) bond motifs is 1. The maximum atomic E-state index is 4.41. The van der Waals surface area contributed by atoms with Crippen LogP contribution >= 0.6 is 0 Å². The number of hydrogen-bond acceptors (Lipinski definition) is 1. The number of nitrogens with zero attached hydrogens (tertiary/aromatic N) is 2. The van der Waals surface area contributed by atoms with Gasteiger partial charge < -0.3 is 4.40 Å². The van der Waals surface area contributed by atoms with Crippen molar-refractivity contribution in [2.24, 2.45) is 0 Å². The van der Waals surface area contributed by atoms with Crippen LogP contribution < -0.4 is 0 Å². The van der Waals surface area contributed by atoms with Gasteiger partial charge in [0.15, 0.2) is 0 Å². The third-order valence-electron chi connectivity index (χ3n) is 2.33. The molecule has 0 saturated heterocycles. The van der Waals surface area contributed by atoms with Gasteiger partial charge >= 0.3 is 0 Å². The fourth-order valence-electron chi connectivity index (χ4n) is 1.62. The smallest absolute Gasteiger partial charge is 0.113 e. The van der Waals surface area contributed by atoms with Crippen LogP contribution in [0.2, 0.25) is 0 Å². The summed E-state index contributed by atoms with van der Waals surface area (Å²) in [4.78, 5) is 4.41. The van der Waals surface area contributed by atoms with Gasteiger partial charge in [0.2, 0.25) is 0 Å². The molecule has 0 aliphatic heterocycles. The van der Waals surface area contributed by atoms with Crippen molar-refractivity contribution in [1.29, 1.82) is 0 Å². The number of hydrogen-bond donors (Lipinski definition) is 0. The van der Waals surface area contributed by atoms with Crippen LogP contribution in [0.25, 0.3) is 5.52 Å². The zero-order valence-electron chi connectivity index (χ0n) is 8.12. The Morgan fingerprint density at radius 2 is 2.31 bits per heavy atom. The Morgan fingerprint density at radius 3 is 3.08 bits per heavy atom. The minimum absolute atomic E-state index is 1.05. The monoisotopic (exact) mass is 174 g/mol. The molecule has 0 spiro atoms. The number of rotatable bonds is 2. The molecule has 0 N–H and O–H groups in total. The highest BCUT2D eigenvalue weighted by atomic mass is 15.0. The summed E-state index contributed by atoms with van der Waals surface area (Å²) in [6.45, 7) is 4.30. The zero-order chi connectivity index (χ0) is 9.26. The van der Waals surface area contributed by atoms with E-state index in [-0.39, 0.29) is 0 Å². The molecule has 0 atom stereocenters. The van der Waals surface area contributed by atoms with Crippen molar-refractivity contribution in [3.8, 4) is 0 Å². The second-order valence-electron chi connectivity index (χ2n) is 3.37. The van der Waals surface area contributed by atoms with Gasteiger partial charge in [0.05, 0.1) is 11.7 Å². The predicted octanol–water partition coefficient (Wildman–Crippen LogP) is 2.60. The molecule has 2 heteroatoms. The molecule has 0 unspecified atom stereocenters. The second kappa shape index (κ2) is 3.21. The van der Waals surface area contributed by atoms with Crippen molar-refractivity contribution < 1.29 is 0 Å². The van der Waals surface area contributed by atoms with E-state index in [1.165, 1.54) is 16.9 Å². The Bertz CT molecular complexity index is 415. The van der Waals surface area contributed by atoms with E-state index in [2.05, 4.69) is 41.6 Å². The maximum absolute atomic E-state index is 4.41. The summed E-state index contributed by atoms with van der Waals surface area (Å²) in [5.41, 5.74) is 2.52. The number of aromatic nitrogens is 2. The SMILES string of the molecule is CCCc1ncc2c(C)cccn12. The van der Waals surface area contributed by atoms with E-state index in [0.29, 0.717) is 0 Å². The van der Waals surface area contributed by atoms with Crippen molar-refractivity contribution in [3.05, 3.63) is 35.9 Å². The highest BCUT2D eigenvalue weighted by Gasteiger charge is 2.02. The second-order valence-corrected chi connectivity index (χ2v) is 3.37. The van der Waals surface area contributed by atoms with Gasteiger partial charge in [-0.15, -0.1) is 0 Å². The number of imidazole rings is 1. The van der Waals surface area contributed by atoms with Crippen molar-refractivity contribution >= 4 is 5.52 Å². The molecular weight excluding hydrogens is 160 g/mol. The predicted molar refractivity (Wildman–Crippen MR) is 53.9 cm³/mol. The average Bonchev–Trinajstić information content (AvgIpc) is 2.51. The van der Waals surface area contributed by atoms with E-state index < -0.39 is 0 Å². The molecule has 2 nitrogen and oxygen atoms in total. The lowest BCUT2D eigenvalue weighted by Crippen LogP contribution is -1.93. The van der Waals surface area contributed by atoms with E-state index in [1.54, 1.807) is 0 Å². The van der Waals surface area contributed by atoms with Gasteiger partial charge in [-0.1, -0.05) is 13.0 Å². The minimum Gasteiger partial charge on any atom is -0.303 e. The normalized spacial score (nSPS) is 10.9. The molecule has 2 rings (SSSR count). The largest absolute Gasteiger partial charge is 0.303 e. The molecular formula is C11H14N2. The Balaban J connectivity index is 2.61. The summed E-state index contributed by atoms with van der Waals surface area (Å²) in [5.74, 6) is 1.17. The van der Waals surface area contributed by atoms with E-state index in [4.69, 9.17) is 0 Å². The van der Waals surface area contributed by atoms with E-state index >= 15 is 0 Å². The van der Waals surface area contributed by atoms with Crippen LogP contribution in [0.3, 0.4) is 0 Å². The lowest BCUT2D eigenvalue weighted by Gasteiger charge is -2.00. The van der Waals surface area contributed by atoms with Gasteiger partial charge in [-0.05, 0) is 25.0 Å². The molecule has 0 saturated carbocycles. The zero-order valence-corrected chi connectivity index (χ0v) is 8.12. The molecule has 13 heavy (non-hydrogen) atoms. The van der Waals surface area contributed by atoms with E-state index in [0.717, 1.165) is 12.8 Å². The molecule has 2 aromatic heterocycles. The van der Waals surface area contributed by atoms with Crippen LogP contribution in [-0.4, -0.2) is 9.38 Å². The van der Waals surface area contributed by atoms with E-state index in [9.17, 15) is 0 Å². The Hall–Kier alpha value is -1.31. The van der Waals surface area contributed by atoms with Crippen LogP contribution in [0, 0.1) is 6.92 Å². The first-order valence-corrected chi connectivity index (χ1v) is 4.74. The topological polar surface area (TPSA) is 17.3 Å². The third kappa shape index (κ3) is 1.32. The van der Waals surface area contributed by atoms with Gasteiger partial charge in [0.1, 0.15) is 5.82 Å². The Morgan fingerprint density at radius 1 is 1.46 bits per heavy atom. The highest BCUT2D eigenvalue weighted by Crippen LogP contribution is 2.12. The first-order valence-electron chi connectivity index (χ1n) is 4.74. The van der Waals surface area contributed by atoms with Crippen LogP contribution in [-0.2, 0) is 6.42 Å². The Kier molecular flexibility index (Phi) is 2.05. The van der Waals surface area contributed by atoms with Crippen LogP contribution in [0.15, 0.2) is 24.5 Å². The molecule has 0 aliphatic carbocycles. The summed E-state index contributed by atoms with van der Waals surface area (Å²) in [5, 5.41) is 0. The van der Waals surface area contributed by atoms with Gasteiger partial charge in [0, 0.05) is 12.6 Å². The number of pyridine rings is 1. The summed E-state index contributed by atoms with van der Waals surface area (Å²) in [7, 11) is 0. The summed E-state index contributed by atoms with van der Waals surface area (Å²) >= 11 is 0. The van der Waals surface area contributed by atoms with E-state index in [1.807, 2.05) is 6.20 Å². The standard InChI is InChI=1S/C11H14N2/c1-3-5-11-12-8-10-9(2)6-4-7-13(10)11/h4,6-8H,3,5H2,1-2H3. The van der Waals surface area contributed by atoms with Crippen molar-refractivity contribution in [2.45, 2.75) is 26.7 Å². The molecule has 0 fully saturated rings. The molecule has 0 radical (unpaired) electrons.